The minimum Gasteiger partial charge on any atom is -0.349 e. The average Bonchev–Trinajstić information content (AvgIpc) is 2.63. The van der Waals surface area contributed by atoms with Crippen LogP contribution in [-0.4, -0.2) is 11.7 Å². The number of carbonyl (C=O) groups excluding carboxylic acids is 1. The highest BCUT2D eigenvalue weighted by Crippen LogP contribution is 2.37. The summed E-state index contributed by atoms with van der Waals surface area (Å²) in [5, 5.41) is 5.33. The lowest BCUT2D eigenvalue weighted by Crippen LogP contribution is -2.32. The molecule has 0 aromatic heterocycles. The maximum Gasteiger partial charge on any atom is 0.224 e. The van der Waals surface area contributed by atoms with E-state index in [1.807, 2.05) is 48.5 Å². The molecule has 3 aromatic rings. The molecule has 1 unspecified atom stereocenters. The van der Waals surface area contributed by atoms with Crippen LogP contribution in [0.5, 0.6) is 0 Å². The van der Waals surface area contributed by atoms with E-state index >= 15 is 0 Å². The Labute approximate surface area is 150 Å². The Hall–Kier alpha value is -2.33. The van der Waals surface area contributed by atoms with Crippen molar-refractivity contribution in [3.05, 3.63) is 77.6 Å². The van der Waals surface area contributed by atoms with Gasteiger partial charge in [0, 0.05) is 10.6 Å². The molecule has 1 N–H and O–H groups in total. The summed E-state index contributed by atoms with van der Waals surface area (Å²) in [6.45, 7) is 0. The molecule has 25 heavy (non-hydrogen) atoms. The molecule has 1 heterocycles. The van der Waals surface area contributed by atoms with Gasteiger partial charge in [0.05, 0.1) is 12.5 Å². The average molecular weight is 351 g/mol. The summed E-state index contributed by atoms with van der Waals surface area (Å²) in [7, 11) is 0. The van der Waals surface area contributed by atoms with E-state index in [4.69, 9.17) is 0 Å². The Balaban J connectivity index is 1.55. The molecule has 1 aliphatic heterocycles. The molecule has 0 radical (unpaired) electrons. The fourth-order valence-corrected chi connectivity index (χ4v) is 4.54. The molecular formula is C21H18FNOS. The zero-order chi connectivity index (χ0) is 17.2. The number of thioether (sulfide) groups is 1. The second-order valence-corrected chi connectivity index (χ2v) is 7.34. The van der Waals surface area contributed by atoms with Gasteiger partial charge in [-0.05, 0) is 34.4 Å². The molecular weight excluding hydrogens is 333 g/mol. The lowest BCUT2D eigenvalue weighted by molar-refractivity contribution is -0.121. The van der Waals surface area contributed by atoms with Gasteiger partial charge in [-0.2, -0.15) is 0 Å². The Kier molecular flexibility index (Phi) is 4.45. The number of nitrogens with one attached hydrogen (secondary N) is 1. The van der Waals surface area contributed by atoms with Crippen molar-refractivity contribution in [3.63, 3.8) is 0 Å². The summed E-state index contributed by atoms with van der Waals surface area (Å²) in [6.07, 6.45) is 1.15. The minimum atomic E-state index is -0.199. The normalized spacial score (nSPS) is 16.4. The van der Waals surface area contributed by atoms with Crippen molar-refractivity contribution >= 4 is 28.4 Å². The van der Waals surface area contributed by atoms with Crippen molar-refractivity contribution in [2.45, 2.75) is 23.8 Å². The fourth-order valence-electron chi connectivity index (χ4n) is 3.40. The van der Waals surface area contributed by atoms with E-state index in [1.165, 1.54) is 17.8 Å². The first-order chi connectivity index (χ1) is 12.2. The predicted octanol–water partition coefficient (Wildman–Crippen LogP) is 4.87. The molecule has 0 bridgehead atoms. The third-order valence-corrected chi connectivity index (χ3v) is 5.75. The largest absolute Gasteiger partial charge is 0.349 e. The van der Waals surface area contributed by atoms with Crippen molar-refractivity contribution in [1.29, 1.82) is 0 Å². The van der Waals surface area contributed by atoms with Crippen LogP contribution in [-0.2, 0) is 11.2 Å². The van der Waals surface area contributed by atoms with E-state index in [-0.39, 0.29) is 17.8 Å². The summed E-state index contributed by atoms with van der Waals surface area (Å²) in [5.41, 5.74) is 1.91. The predicted molar refractivity (Wildman–Crippen MR) is 100 cm³/mol. The number of fused-ring (bicyclic) bond motifs is 2. The van der Waals surface area contributed by atoms with E-state index in [1.54, 1.807) is 6.07 Å². The number of carbonyl (C=O) groups is 1. The van der Waals surface area contributed by atoms with E-state index < -0.39 is 0 Å². The van der Waals surface area contributed by atoms with Gasteiger partial charge >= 0.3 is 0 Å². The lowest BCUT2D eigenvalue weighted by atomic mass is 10.0. The molecule has 1 atom stereocenters. The van der Waals surface area contributed by atoms with Gasteiger partial charge in [0.2, 0.25) is 5.91 Å². The first-order valence-electron chi connectivity index (χ1n) is 8.39. The molecule has 4 heteroatoms. The van der Waals surface area contributed by atoms with Crippen molar-refractivity contribution in [2.24, 2.45) is 0 Å². The SMILES string of the molecule is O=C(Cc1cccc2ccccc12)NC1CCSc2c(F)cccc21. The van der Waals surface area contributed by atoms with Crippen LogP contribution >= 0.6 is 11.8 Å². The molecule has 3 aromatic carbocycles. The maximum absolute atomic E-state index is 14.0. The highest BCUT2D eigenvalue weighted by molar-refractivity contribution is 7.99. The number of halogens is 1. The topological polar surface area (TPSA) is 29.1 Å². The van der Waals surface area contributed by atoms with Crippen LogP contribution in [0.15, 0.2) is 65.6 Å². The van der Waals surface area contributed by atoms with Crippen molar-refractivity contribution < 1.29 is 9.18 Å². The summed E-state index contributed by atoms with van der Waals surface area (Å²) in [6, 6.07) is 19.1. The molecule has 0 saturated heterocycles. The highest BCUT2D eigenvalue weighted by Gasteiger charge is 2.24. The molecule has 1 aliphatic rings. The number of hydrogen-bond donors (Lipinski definition) is 1. The van der Waals surface area contributed by atoms with Crippen molar-refractivity contribution in [1.82, 2.24) is 5.32 Å². The van der Waals surface area contributed by atoms with Gasteiger partial charge in [-0.3, -0.25) is 4.79 Å². The van der Waals surface area contributed by atoms with Crippen LogP contribution < -0.4 is 5.32 Å². The first kappa shape index (κ1) is 16.2. The second kappa shape index (κ2) is 6.89. The third kappa shape index (κ3) is 3.27. The molecule has 4 rings (SSSR count). The number of rotatable bonds is 3. The molecule has 0 saturated carbocycles. The monoisotopic (exact) mass is 351 g/mol. The van der Waals surface area contributed by atoms with Gasteiger partial charge in [-0.15, -0.1) is 11.8 Å². The van der Waals surface area contributed by atoms with Gasteiger partial charge in [0.25, 0.3) is 0 Å². The maximum atomic E-state index is 14.0. The second-order valence-electron chi connectivity index (χ2n) is 6.23. The van der Waals surface area contributed by atoms with Gasteiger partial charge in [0.15, 0.2) is 0 Å². The van der Waals surface area contributed by atoms with Crippen LogP contribution in [0.25, 0.3) is 10.8 Å². The van der Waals surface area contributed by atoms with Crippen molar-refractivity contribution in [3.8, 4) is 0 Å². The standard InChI is InChI=1S/C21H18FNOS/c22-18-10-4-9-17-19(11-12-25-21(17)18)23-20(24)13-15-7-3-6-14-5-1-2-8-16(14)15/h1-10,19H,11-13H2,(H,23,24). The van der Waals surface area contributed by atoms with Gasteiger partial charge in [-0.1, -0.05) is 54.6 Å². The van der Waals surface area contributed by atoms with Gasteiger partial charge < -0.3 is 5.32 Å². The summed E-state index contributed by atoms with van der Waals surface area (Å²) >= 11 is 1.53. The van der Waals surface area contributed by atoms with Gasteiger partial charge in [0.1, 0.15) is 5.82 Å². The number of amides is 1. The van der Waals surface area contributed by atoms with Crippen LogP contribution in [0.2, 0.25) is 0 Å². The third-order valence-electron chi connectivity index (χ3n) is 4.59. The number of benzene rings is 3. The molecule has 0 fully saturated rings. The summed E-state index contributed by atoms with van der Waals surface area (Å²) < 4.78 is 14.0. The Morgan fingerprint density at radius 2 is 1.88 bits per heavy atom. The van der Waals surface area contributed by atoms with E-state index in [9.17, 15) is 9.18 Å². The molecule has 0 spiro atoms. The van der Waals surface area contributed by atoms with E-state index in [0.717, 1.165) is 34.1 Å². The zero-order valence-electron chi connectivity index (χ0n) is 13.7. The lowest BCUT2D eigenvalue weighted by Gasteiger charge is -2.26. The highest BCUT2D eigenvalue weighted by atomic mass is 32.2. The molecule has 0 aliphatic carbocycles. The zero-order valence-corrected chi connectivity index (χ0v) is 14.5. The van der Waals surface area contributed by atoms with Crippen LogP contribution in [0.1, 0.15) is 23.6 Å². The number of hydrogen-bond acceptors (Lipinski definition) is 2. The van der Waals surface area contributed by atoms with E-state index in [2.05, 4.69) is 5.32 Å². The Bertz CT molecular complexity index is 935. The Morgan fingerprint density at radius 3 is 2.80 bits per heavy atom. The summed E-state index contributed by atoms with van der Waals surface area (Å²) in [4.78, 5) is 13.3. The van der Waals surface area contributed by atoms with Crippen molar-refractivity contribution in [2.75, 3.05) is 5.75 Å². The van der Waals surface area contributed by atoms with Crippen LogP contribution in [0.3, 0.4) is 0 Å². The van der Waals surface area contributed by atoms with Crippen LogP contribution in [0, 0.1) is 5.82 Å². The molecule has 2 nitrogen and oxygen atoms in total. The minimum absolute atomic E-state index is 0.0246. The van der Waals surface area contributed by atoms with E-state index in [0.29, 0.717) is 11.3 Å². The molecule has 126 valence electrons. The van der Waals surface area contributed by atoms with Gasteiger partial charge in [-0.25, -0.2) is 4.39 Å². The van der Waals surface area contributed by atoms with Crippen LogP contribution in [0.4, 0.5) is 4.39 Å². The smallest absolute Gasteiger partial charge is 0.224 e. The Morgan fingerprint density at radius 1 is 1.08 bits per heavy atom. The first-order valence-corrected chi connectivity index (χ1v) is 9.38. The quantitative estimate of drug-likeness (QED) is 0.729. The summed E-state index contributed by atoms with van der Waals surface area (Å²) in [5.74, 6) is 0.589. The molecule has 1 amide bonds. The fraction of sp³-hybridized carbons (Fsp3) is 0.190.